The number of pyridine rings is 1. The monoisotopic (exact) mass is 410 g/mol. The molecule has 0 aliphatic heterocycles. The summed E-state index contributed by atoms with van der Waals surface area (Å²) in [6.07, 6.45) is 1.86. The molecule has 0 spiro atoms. The topological polar surface area (TPSA) is 58.4 Å². The lowest BCUT2D eigenvalue weighted by Crippen LogP contribution is -2.20. The van der Waals surface area contributed by atoms with Crippen LogP contribution < -0.4 is 10.6 Å². The molecule has 0 fully saturated rings. The van der Waals surface area contributed by atoms with E-state index in [-0.39, 0.29) is 6.03 Å². The van der Waals surface area contributed by atoms with E-state index in [0.717, 1.165) is 16.8 Å². The molecule has 4 aromatic rings. The summed E-state index contributed by atoms with van der Waals surface area (Å²) in [6, 6.07) is 18.0. The fraction of sp³-hybridized carbons (Fsp3) is 0.0476. The van der Waals surface area contributed by atoms with Crippen molar-refractivity contribution in [3.63, 3.8) is 0 Å². The molecule has 0 aliphatic carbocycles. The first-order valence-electron chi connectivity index (χ1n) is 8.59. The second-order valence-corrected chi connectivity index (χ2v) is 7.08. The van der Waals surface area contributed by atoms with Crippen LogP contribution in [0.4, 0.5) is 16.3 Å². The Morgan fingerprint density at radius 3 is 2.50 bits per heavy atom. The number of hydrogen-bond donors (Lipinski definition) is 2. The molecular formula is C21H16Cl2N4O. The molecule has 2 aromatic carbocycles. The maximum Gasteiger partial charge on any atom is 0.324 e. The Kier molecular flexibility index (Phi) is 4.94. The van der Waals surface area contributed by atoms with E-state index in [4.69, 9.17) is 28.2 Å². The maximum atomic E-state index is 12.6. The number of aromatic nitrogens is 2. The Labute approximate surface area is 171 Å². The lowest BCUT2D eigenvalue weighted by molar-refractivity contribution is 0.262. The third kappa shape index (κ3) is 3.54. The van der Waals surface area contributed by atoms with Gasteiger partial charge in [0.15, 0.2) is 0 Å². The van der Waals surface area contributed by atoms with Crippen LogP contribution in [0.25, 0.3) is 16.9 Å². The van der Waals surface area contributed by atoms with Crippen LogP contribution in [0.1, 0.15) is 5.56 Å². The first-order valence-corrected chi connectivity index (χ1v) is 9.34. The fourth-order valence-corrected chi connectivity index (χ4v) is 3.26. The van der Waals surface area contributed by atoms with E-state index < -0.39 is 0 Å². The zero-order valence-corrected chi connectivity index (χ0v) is 16.4. The molecule has 0 saturated heterocycles. The highest BCUT2D eigenvalue weighted by atomic mass is 35.5. The first kappa shape index (κ1) is 18.3. The number of carbonyl (C=O) groups is 1. The van der Waals surface area contributed by atoms with Crippen molar-refractivity contribution in [1.82, 2.24) is 9.38 Å². The minimum Gasteiger partial charge on any atom is -0.308 e. The molecule has 2 N–H and O–H groups in total. The van der Waals surface area contributed by atoms with E-state index in [1.54, 1.807) is 12.1 Å². The number of fused-ring (bicyclic) bond motifs is 1. The minimum atomic E-state index is -0.365. The van der Waals surface area contributed by atoms with E-state index in [2.05, 4.69) is 10.6 Å². The molecule has 7 heteroatoms. The van der Waals surface area contributed by atoms with E-state index in [1.165, 1.54) is 0 Å². The van der Waals surface area contributed by atoms with Crippen LogP contribution in [0, 0.1) is 6.92 Å². The molecule has 140 valence electrons. The Balaban J connectivity index is 1.78. The summed E-state index contributed by atoms with van der Waals surface area (Å²) in [5.41, 5.74) is 3.79. The Morgan fingerprint density at radius 2 is 1.75 bits per heavy atom. The van der Waals surface area contributed by atoms with E-state index >= 15 is 0 Å². The van der Waals surface area contributed by atoms with Crippen LogP contribution in [0.3, 0.4) is 0 Å². The molecule has 2 amide bonds. The lowest BCUT2D eigenvalue weighted by Gasteiger charge is -2.10. The van der Waals surface area contributed by atoms with Gasteiger partial charge in [0.1, 0.15) is 17.2 Å². The maximum absolute atomic E-state index is 12.6. The van der Waals surface area contributed by atoms with E-state index in [9.17, 15) is 4.79 Å². The van der Waals surface area contributed by atoms with Crippen LogP contribution in [0.5, 0.6) is 0 Å². The molecule has 0 atom stereocenters. The largest absolute Gasteiger partial charge is 0.324 e. The number of imidazole rings is 1. The van der Waals surface area contributed by atoms with Gasteiger partial charge < -0.3 is 5.32 Å². The van der Waals surface area contributed by atoms with Gasteiger partial charge in [-0.15, -0.1) is 0 Å². The number of para-hydroxylation sites is 1. The predicted molar refractivity (Wildman–Crippen MR) is 114 cm³/mol. The quantitative estimate of drug-likeness (QED) is 0.418. The second kappa shape index (κ2) is 7.54. The average molecular weight is 411 g/mol. The molecule has 2 heterocycles. The summed E-state index contributed by atoms with van der Waals surface area (Å²) in [7, 11) is 0. The number of amides is 2. The van der Waals surface area contributed by atoms with Crippen LogP contribution in [-0.2, 0) is 0 Å². The normalized spacial score (nSPS) is 10.8. The van der Waals surface area contributed by atoms with Gasteiger partial charge in [-0.2, -0.15) is 0 Å². The summed E-state index contributed by atoms with van der Waals surface area (Å²) in [6.45, 7) is 1.97. The number of halogens is 2. The SMILES string of the molecule is Cc1cccn2c(NC(=O)Nc3ccccc3)c(-c3ccc(Cl)c(Cl)c3)nc12. The van der Waals surface area contributed by atoms with Gasteiger partial charge in [-0.05, 0) is 42.8 Å². The smallest absolute Gasteiger partial charge is 0.308 e. The second-order valence-electron chi connectivity index (χ2n) is 6.27. The van der Waals surface area contributed by atoms with Crippen molar-refractivity contribution in [2.75, 3.05) is 10.6 Å². The molecule has 2 aromatic heterocycles. The summed E-state index contributed by atoms with van der Waals surface area (Å²) in [5, 5.41) is 6.62. The van der Waals surface area contributed by atoms with Gasteiger partial charge in [0, 0.05) is 17.4 Å². The number of hydrogen-bond acceptors (Lipinski definition) is 2. The van der Waals surface area contributed by atoms with Crippen molar-refractivity contribution >= 4 is 46.4 Å². The van der Waals surface area contributed by atoms with Crippen molar-refractivity contribution in [2.24, 2.45) is 0 Å². The summed E-state index contributed by atoms with van der Waals surface area (Å²) >= 11 is 12.2. The first-order chi connectivity index (χ1) is 13.5. The van der Waals surface area contributed by atoms with Gasteiger partial charge in [0.25, 0.3) is 0 Å². The molecule has 28 heavy (non-hydrogen) atoms. The molecule has 0 radical (unpaired) electrons. The number of aryl methyl sites for hydroxylation is 1. The molecule has 0 aliphatic rings. The van der Waals surface area contributed by atoms with Crippen molar-refractivity contribution in [3.8, 4) is 11.3 Å². The number of benzene rings is 2. The van der Waals surface area contributed by atoms with Gasteiger partial charge in [0.05, 0.1) is 10.0 Å². The number of urea groups is 1. The van der Waals surface area contributed by atoms with Gasteiger partial charge in [-0.25, -0.2) is 9.78 Å². The summed E-state index contributed by atoms with van der Waals surface area (Å²) in [4.78, 5) is 17.3. The van der Waals surface area contributed by atoms with Crippen LogP contribution in [0.15, 0.2) is 66.9 Å². The van der Waals surface area contributed by atoms with E-state index in [1.807, 2.05) is 66.1 Å². The average Bonchev–Trinajstić information content (AvgIpc) is 3.04. The summed E-state index contributed by atoms with van der Waals surface area (Å²) < 4.78 is 1.84. The summed E-state index contributed by atoms with van der Waals surface area (Å²) in [5.74, 6) is 0.547. The van der Waals surface area contributed by atoms with Crippen LogP contribution >= 0.6 is 23.2 Å². The zero-order chi connectivity index (χ0) is 19.7. The van der Waals surface area contributed by atoms with Crippen LogP contribution in [0.2, 0.25) is 10.0 Å². The van der Waals surface area contributed by atoms with Crippen molar-refractivity contribution < 1.29 is 4.79 Å². The fourth-order valence-electron chi connectivity index (χ4n) is 2.96. The highest BCUT2D eigenvalue weighted by Crippen LogP contribution is 2.33. The highest BCUT2D eigenvalue weighted by molar-refractivity contribution is 6.42. The van der Waals surface area contributed by atoms with Crippen molar-refractivity contribution in [3.05, 3.63) is 82.5 Å². The van der Waals surface area contributed by atoms with Gasteiger partial charge >= 0.3 is 6.03 Å². The van der Waals surface area contributed by atoms with Crippen LogP contribution in [-0.4, -0.2) is 15.4 Å². The minimum absolute atomic E-state index is 0.365. The molecule has 4 rings (SSSR count). The zero-order valence-electron chi connectivity index (χ0n) is 14.9. The van der Waals surface area contributed by atoms with Crippen molar-refractivity contribution in [2.45, 2.75) is 6.92 Å². The molecule has 0 unspecified atom stereocenters. The Morgan fingerprint density at radius 1 is 0.964 bits per heavy atom. The Bertz CT molecular complexity index is 1170. The predicted octanol–water partition coefficient (Wildman–Crippen LogP) is 6.26. The number of anilines is 2. The number of nitrogens with zero attached hydrogens (tertiary/aromatic N) is 2. The third-order valence-corrected chi connectivity index (χ3v) is 5.04. The molecule has 5 nitrogen and oxygen atoms in total. The number of nitrogens with one attached hydrogen (secondary N) is 2. The van der Waals surface area contributed by atoms with Gasteiger partial charge in [-0.1, -0.05) is 53.5 Å². The molecular weight excluding hydrogens is 395 g/mol. The standard InChI is InChI=1S/C21H16Cl2N4O/c1-13-6-5-11-27-19(13)25-18(14-9-10-16(22)17(23)12-14)20(27)26-21(28)24-15-7-3-2-4-8-15/h2-12H,1H3,(H2,24,26,28). The molecule has 0 saturated carbocycles. The van der Waals surface area contributed by atoms with Crippen molar-refractivity contribution in [1.29, 1.82) is 0 Å². The third-order valence-electron chi connectivity index (χ3n) is 4.30. The highest BCUT2D eigenvalue weighted by Gasteiger charge is 2.18. The van der Waals surface area contributed by atoms with Gasteiger partial charge in [0.2, 0.25) is 0 Å². The number of rotatable bonds is 3. The lowest BCUT2D eigenvalue weighted by atomic mass is 10.1. The Hall–Kier alpha value is -3.02. The number of carbonyl (C=O) groups excluding carboxylic acids is 1. The molecule has 0 bridgehead atoms. The van der Waals surface area contributed by atoms with E-state index in [0.29, 0.717) is 27.2 Å². The van der Waals surface area contributed by atoms with Gasteiger partial charge in [-0.3, -0.25) is 9.72 Å².